The van der Waals surface area contributed by atoms with Crippen molar-refractivity contribution in [2.24, 2.45) is 0 Å². The smallest absolute Gasteiger partial charge is 0.433 e. The second-order valence-electron chi connectivity index (χ2n) is 3.21. The van der Waals surface area contributed by atoms with Crippen molar-refractivity contribution in [3.63, 3.8) is 0 Å². The number of carboxylic acid groups (broad SMARTS) is 1. The molecule has 0 bridgehead atoms. The first-order valence-corrected chi connectivity index (χ1v) is 4.33. The van der Waals surface area contributed by atoms with Crippen molar-refractivity contribution in [2.45, 2.75) is 6.18 Å². The van der Waals surface area contributed by atoms with Gasteiger partial charge in [-0.05, 0) is 12.1 Å². The Morgan fingerprint density at radius 3 is 2.53 bits per heavy atom. The minimum absolute atomic E-state index is 0.308. The number of rotatable bonds is 1. The fourth-order valence-electron chi connectivity index (χ4n) is 1.42. The Morgan fingerprint density at radius 1 is 1.35 bits per heavy atom. The molecule has 2 heterocycles. The number of aromatic hydroxyl groups is 1. The van der Waals surface area contributed by atoms with Crippen LogP contribution in [0.5, 0.6) is 5.75 Å². The molecule has 0 aromatic carbocycles. The number of hydrogen-bond donors (Lipinski definition) is 2. The summed E-state index contributed by atoms with van der Waals surface area (Å²) in [6.07, 6.45) is -4.69. The number of aromatic carboxylic acids is 1. The molecule has 0 saturated heterocycles. The largest absolute Gasteiger partial charge is 0.504 e. The standard InChI is InChI=1S/C9H5F3N2O3/c10-9(11,12)5-3-1-2-4-7(15)6(8(16)17)13-14(4)5/h1-3,15H,(H,16,17). The molecule has 0 aliphatic heterocycles. The average molecular weight is 246 g/mol. The Hall–Kier alpha value is -2.25. The maximum atomic E-state index is 12.6. The molecule has 17 heavy (non-hydrogen) atoms. The van der Waals surface area contributed by atoms with Crippen molar-refractivity contribution < 1.29 is 28.2 Å². The van der Waals surface area contributed by atoms with Crippen molar-refractivity contribution in [3.8, 4) is 5.75 Å². The normalized spacial score (nSPS) is 11.9. The van der Waals surface area contributed by atoms with Gasteiger partial charge in [0.05, 0.1) is 0 Å². The molecule has 0 aliphatic carbocycles. The molecule has 0 radical (unpaired) electrons. The van der Waals surface area contributed by atoms with Gasteiger partial charge in [0.15, 0.2) is 5.75 Å². The molecule has 90 valence electrons. The SMILES string of the molecule is O=C(O)c1nn2c(C(F)(F)F)cccc2c1O. The van der Waals surface area contributed by atoms with Gasteiger partial charge < -0.3 is 10.2 Å². The van der Waals surface area contributed by atoms with E-state index in [-0.39, 0.29) is 5.52 Å². The maximum absolute atomic E-state index is 12.6. The van der Waals surface area contributed by atoms with E-state index in [9.17, 15) is 23.1 Å². The first-order chi connectivity index (χ1) is 7.82. The number of fused-ring (bicyclic) bond motifs is 1. The number of nitrogens with zero attached hydrogens (tertiary/aromatic N) is 2. The van der Waals surface area contributed by atoms with Crippen molar-refractivity contribution in [2.75, 3.05) is 0 Å². The first kappa shape index (κ1) is 11.2. The number of halogens is 3. The van der Waals surface area contributed by atoms with Gasteiger partial charge in [-0.2, -0.15) is 18.3 Å². The van der Waals surface area contributed by atoms with Crippen molar-refractivity contribution in [1.82, 2.24) is 9.61 Å². The van der Waals surface area contributed by atoms with E-state index in [1.54, 1.807) is 0 Å². The molecule has 0 fully saturated rings. The lowest BCUT2D eigenvalue weighted by molar-refractivity contribution is -0.142. The zero-order chi connectivity index (χ0) is 12.8. The summed E-state index contributed by atoms with van der Waals surface area (Å²) in [6.45, 7) is 0. The van der Waals surface area contributed by atoms with Gasteiger partial charge >= 0.3 is 12.1 Å². The molecular formula is C9H5F3N2O3. The van der Waals surface area contributed by atoms with Gasteiger partial charge in [0.2, 0.25) is 5.69 Å². The molecule has 0 atom stereocenters. The van der Waals surface area contributed by atoms with Crippen LogP contribution in [0.25, 0.3) is 5.52 Å². The zero-order valence-corrected chi connectivity index (χ0v) is 8.06. The Kier molecular flexibility index (Phi) is 2.23. The van der Waals surface area contributed by atoms with Crippen LogP contribution in [-0.2, 0) is 6.18 Å². The first-order valence-electron chi connectivity index (χ1n) is 4.33. The maximum Gasteiger partial charge on any atom is 0.433 e. The Bertz CT molecular complexity index is 603. The van der Waals surface area contributed by atoms with Gasteiger partial charge in [-0.3, -0.25) is 0 Å². The van der Waals surface area contributed by atoms with E-state index < -0.39 is 29.3 Å². The summed E-state index contributed by atoms with van der Waals surface area (Å²) < 4.78 is 38.1. The highest BCUT2D eigenvalue weighted by Gasteiger charge is 2.35. The summed E-state index contributed by atoms with van der Waals surface area (Å²) in [4.78, 5) is 10.6. The highest BCUT2D eigenvalue weighted by molar-refractivity contribution is 5.91. The van der Waals surface area contributed by atoms with Crippen molar-refractivity contribution >= 4 is 11.5 Å². The Balaban J connectivity index is 2.83. The molecule has 0 unspecified atom stereocenters. The van der Waals surface area contributed by atoms with Crippen LogP contribution in [-0.4, -0.2) is 25.8 Å². The molecule has 2 aromatic rings. The molecule has 0 amide bonds. The van der Waals surface area contributed by atoms with E-state index in [0.29, 0.717) is 4.52 Å². The quantitative estimate of drug-likeness (QED) is 0.803. The molecule has 0 aliphatic rings. The number of pyridine rings is 1. The Morgan fingerprint density at radius 2 is 2.00 bits per heavy atom. The lowest BCUT2D eigenvalue weighted by Crippen LogP contribution is -2.12. The molecule has 2 aromatic heterocycles. The van der Waals surface area contributed by atoms with Gasteiger partial charge in [-0.15, -0.1) is 0 Å². The summed E-state index contributed by atoms with van der Waals surface area (Å²) in [5.41, 5.74) is -2.28. The number of carbonyl (C=O) groups is 1. The highest BCUT2D eigenvalue weighted by Crippen LogP contribution is 2.32. The minimum atomic E-state index is -4.69. The van der Waals surface area contributed by atoms with Crippen LogP contribution in [0.15, 0.2) is 18.2 Å². The second kappa shape index (κ2) is 3.37. The fourth-order valence-corrected chi connectivity index (χ4v) is 1.42. The monoisotopic (exact) mass is 246 g/mol. The van der Waals surface area contributed by atoms with Gasteiger partial charge in [0, 0.05) is 0 Å². The molecule has 0 saturated carbocycles. The lowest BCUT2D eigenvalue weighted by Gasteiger charge is -2.07. The molecule has 8 heteroatoms. The third-order valence-corrected chi connectivity index (χ3v) is 2.12. The number of hydrogen-bond acceptors (Lipinski definition) is 3. The van der Waals surface area contributed by atoms with Crippen molar-refractivity contribution in [1.29, 1.82) is 0 Å². The van der Waals surface area contributed by atoms with Gasteiger partial charge in [0.25, 0.3) is 0 Å². The van der Waals surface area contributed by atoms with Crippen molar-refractivity contribution in [3.05, 3.63) is 29.6 Å². The minimum Gasteiger partial charge on any atom is -0.504 e. The number of carboxylic acids is 1. The molecule has 2 N–H and O–H groups in total. The van der Waals surface area contributed by atoms with E-state index in [2.05, 4.69) is 5.10 Å². The second-order valence-corrected chi connectivity index (χ2v) is 3.21. The Labute approximate surface area is 91.7 Å². The van der Waals surface area contributed by atoms with Crippen LogP contribution >= 0.6 is 0 Å². The van der Waals surface area contributed by atoms with Gasteiger partial charge in [0.1, 0.15) is 11.2 Å². The molecule has 5 nitrogen and oxygen atoms in total. The van der Waals surface area contributed by atoms with Crippen LogP contribution in [0.1, 0.15) is 16.2 Å². The van der Waals surface area contributed by atoms with Crippen LogP contribution < -0.4 is 0 Å². The molecular weight excluding hydrogens is 241 g/mol. The van der Waals surface area contributed by atoms with Crippen LogP contribution in [0.3, 0.4) is 0 Å². The van der Waals surface area contributed by atoms with Gasteiger partial charge in [-0.1, -0.05) is 6.07 Å². The summed E-state index contributed by atoms with van der Waals surface area (Å²) >= 11 is 0. The molecule has 0 spiro atoms. The third-order valence-electron chi connectivity index (χ3n) is 2.12. The van der Waals surface area contributed by atoms with Crippen LogP contribution in [0.4, 0.5) is 13.2 Å². The summed E-state index contributed by atoms with van der Waals surface area (Å²) in [5.74, 6) is -2.39. The summed E-state index contributed by atoms with van der Waals surface area (Å²) in [7, 11) is 0. The average Bonchev–Trinajstić information content (AvgIpc) is 2.55. The predicted molar refractivity (Wildman–Crippen MR) is 48.8 cm³/mol. The number of aromatic nitrogens is 2. The van der Waals surface area contributed by atoms with E-state index in [4.69, 9.17) is 5.11 Å². The fraction of sp³-hybridized carbons (Fsp3) is 0.111. The topological polar surface area (TPSA) is 74.8 Å². The highest BCUT2D eigenvalue weighted by atomic mass is 19.4. The lowest BCUT2D eigenvalue weighted by atomic mass is 10.3. The van der Waals surface area contributed by atoms with E-state index in [1.165, 1.54) is 0 Å². The summed E-state index contributed by atoms with van der Waals surface area (Å²) in [5, 5.41) is 21.3. The van der Waals surface area contributed by atoms with Crippen LogP contribution in [0.2, 0.25) is 0 Å². The third kappa shape index (κ3) is 1.67. The van der Waals surface area contributed by atoms with E-state index in [1.807, 2.05) is 0 Å². The van der Waals surface area contributed by atoms with E-state index >= 15 is 0 Å². The van der Waals surface area contributed by atoms with E-state index in [0.717, 1.165) is 18.2 Å². The zero-order valence-electron chi connectivity index (χ0n) is 8.06. The van der Waals surface area contributed by atoms with Crippen LogP contribution in [0, 0.1) is 0 Å². The molecule has 2 rings (SSSR count). The van der Waals surface area contributed by atoms with Gasteiger partial charge in [-0.25, -0.2) is 9.31 Å². The predicted octanol–water partition coefficient (Wildman–Crippen LogP) is 1.76. The number of alkyl halides is 3. The summed E-state index contributed by atoms with van der Waals surface area (Å²) in [6, 6.07) is 2.94.